The number of nitrogens with zero attached hydrogens (tertiary/aromatic N) is 2. The number of carbonyl (C=O) groups excluding carboxylic acids is 2. The average Bonchev–Trinajstić information content (AvgIpc) is 3.26. The van der Waals surface area contributed by atoms with Gasteiger partial charge in [0.15, 0.2) is 11.5 Å². The summed E-state index contributed by atoms with van der Waals surface area (Å²) in [5.74, 6) is 1.55. The van der Waals surface area contributed by atoms with Gasteiger partial charge in [0, 0.05) is 45.6 Å². The number of piperazine rings is 1. The number of fused-ring (bicyclic) bond motifs is 1. The highest BCUT2D eigenvalue weighted by Gasteiger charge is 2.22. The van der Waals surface area contributed by atoms with Crippen molar-refractivity contribution in [2.45, 2.75) is 32.4 Å². The van der Waals surface area contributed by atoms with Gasteiger partial charge in [-0.05, 0) is 30.2 Å². The maximum absolute atomic E-state index is 12.5. The summed E-state index contributed by atoms with van der Waals surface area (Å²) in [5, 5.41) is 2.97. The molecule has 2 aromatic carbocycles. The number of benzene rings is 2. The van der Waals surface area contributed by atoms with Crippen LogP contribution in [0.2, 0.25) is 0 Å². The molecular formula is C24H29N3O4. The van der Waals surface area contributed by atoms with Gasteiger partial charge in [0.25, 0.3) is 0 Å². The highest BCUT2D eigenvalue weighted by Crippen LogP contribution is 2.32. The molecule has 1 N–H and O–H groups in total. The molecule has 4 rings (SSSR count). The van der Waals surface area contributed by atoms with Crippen LogP contribution >= 0.6 is 0 Å². The summed E-state index contributed by atoms with van der Waals surface area (Å²) in [5.41, 5.74) is 2.23. The third kappa shape index (κ3) is 5.55. The second-order valence-electron chi connectivity index (χ2n) is 8.04. The lowest BCUT2D eigenvalue weighted by Gasteiger charge is -2.34. The van der Waals surface area contributed by atoms with E-state index in [9.17, 15) is 9.59 Å². The summed E-state index contributed by atoms with van der Waals surface area (Å²) in [6, 6.07) is 15.8. The van der Waals surface area contributed by atoms with E-state index in [0.717, 1.165) is 36.7 Å². The highest BCUT2D eigenvalue weighted by atomic mass is 16.7. The Morgan fingerprint density at radius 1 is 0.968 bits per heavy atom. The molecule has 0 aliphatic carbocycles. The zero-order chi connectivity index (χ0) is 21.6. The van der Waals surface area contributed by atoms with Crippen molar-refractivity contribution in [3.8, 4) is 11.5 Å². The molecule has 7 heteroatoms. The van der Waals surface area contributed by atoms with E-state index in [0.29, 0.717) is 13.1 Å². The fourth-order valence-corrected chi connectivity index (χ4v) is 3.97. The molecule has 2 amide bonds. The number of amides is 2. The van der Waals surface area contributed by atoms with E-state index in [1.807, 2.05) is 54.3 Å². The molecule has 0 bridgehead atoms. The molecule has 1 atom stereocenters. The standard InChI is InChI=1S/C24H29N3O4/c1-18(20-5-3-2-4-6-20)25-23(28)9-10-24(29)27-13-11-26(12-14-27)16-19-7-8-21-22(15-19)31-17-30-21/h2-8,15,18H,9-14,16-17H2,1H3,(H,25,28)/t18-/m1/s1. The Bertz CT molecular complexity index is 910. The Labute approximate surface area is 182 Å². The van der Waals surface area contributed by atoms with Gasteiger partial charge in [-0.3, -0.25) is 14.5 Å². The van der Waals surface area contributed by atoms with Crippen LogP contribution in [-0.4, -0.2) is 54.6 Å². The van der Waals surface area contributed by atoms with Crippen molar-refractivity contribution in [2.24, 2.45) is 0 Å². The summed E-state index contributed by atoms with van der Waals surface area (Å²) < 4.78 is 10.8. The van der Waals surface area contributed by atoms with Crippen LogP contribution in [0.15, 0.2) is 48.5 Å². The van der Waals surface area contributed by atoms with E-state index >= 15 is 0 Å². The SMILES string of the molecule is C[C@@H](NC(=O)CCC(=O)N1CCN(Cc2ccc3c(c2)OCO3)CC1)c1ccccc1. The molecule has 0 saturated carbocycles. The normalized spacial score (nSPS) is 16.7. The molecule has 2 aromatic rings. The Morgan fingerprint density at radius 2 is 1.71 bits per heavy atom. The zero-order valence-corrected chi connectivity index (χ0v) is 17.9. The van der Waals surface area contributed by atoms with Crippen molar-refractivity contribution in [2.75, 3.05) is 33.0 Å². The Morgan fingerprint density at radius 3 is 2.48 bits per heavy atom. The molecule has 1 saturated heterocycles. The average molecular weight is 424 g/mol. The number of rotatable bonds is 7. The van der Waals surface area contributed by atoms with Crippen molar-refractivity contribution in [1.82, 2.24) is 15.1 Å². The lowest BCUT2D eigenvalue weighted by molar-refractivity contribution is -0.135. The molecule has 0 unspecified atom stereocenters. The van der Waals surface area contributed by atoms with Gasteiger partial charge in [-0.15, -0.1) is 0 Å². The first-order valence-electron chi connectivity index (χ1n) is 10.8. The van der Waals surface area contributed by atoms with Crippen molar-refractivity contribution in [3.63, 3.8) is 0 Å². The van der Waals surface area contributed by atoms with E-state index in [2.05, 4.69) is 16.3 Å². The topological polar surface area (TPSA) is 71.1 Å². The molecule has 31 heavy (non-hydrogen) atoms. The highest BCUT2D eigenvalue weighted by molar-refractivity contribution is 5.84. The fourth-order valence-electron chi connectivity index (χ4n) is 3.97. The number of hydrogen-bond donors (Lipinski definition) is 1. The lowest BCUT2D eigenvalue weighted by atomic mass is 10.1. The van der Waals surface area contributed by atoms with Crippen LogP contribution in [0.1, 0.15) is 36.9 Å². The van der Waals surface area contributed by atoms with E-state index in [1.54, 1.807) is 0 Å². The van der Waals surface area contributed by atoms with Gasteiger partial charge in [-0.2, -0.15) is 0 Å². The smallest absolute Gasteiger partial charge is 0.231 e. The molecule has 0 radical (unpaired) electrons. The van der Waals surface area contributed by atoms with Crippen molar-refractivity contribution in [1.29, 1.82) is 0 Å². The minimum atomic E-state index is -0.0915. The molecule has 1 fully saturated rings. The number of hydrogen-bond acceptors (Lipinski definition) is 5. The van der Waals surface area contributed by atoms with E-state index < -0.39 is 0 Å². The van der Waals surface area contributed by atoms with Crippen LogP contribution in [0.4, 0.5) is 0 Å². The van der Waals surface area contributed by atoms with Crippen molar-refractivity contribution < 1.29 is 19.1 Å². The predicted molar refractivity (Wildman–Crippen MR) is 117 cm³/mol. The maximum atomic E-state index is 12.5. The third-order valence-electron chi connectivity index (χ3n) is 5.81. The number of nitrogens with one attached hydrogen (secondary N) is 1. The predicted octanol–water partition coefficient (Wildman–Crippen LogP) is 2.72. The number of ether oxygens (including phenoxy) is 2. The molecule has 7 nitrogen and oxygen atoms in total. The second kappa shape index (κ2) is 9.83. The number of carbonyl (C=O) groups is 2. The Balaban J connectivity index is 1.17. The zero-order valence-electron chi connectivity index (χ0n) is 17.9. The minimum Gasteiger partial charge on any atom is -0.454 e. The molecule has 164 valence electrons. The monoisotopic (exact) mass is 423 g/mol. The maximum Gasteiger partial charge on any atom is 0.231 e. The van der Waals surface area contributed by atoms with Crippen LogP contribution in [0.3, 0.4) is 0 Å². The van der Waals surface area contributed by atoms with Crippen LogP contribution in [0.25, 0.3) is 0 Å². The summed E-state index contributed by atoms with van der Waals surface area (Å²) in [6.45, 7) is 6.06. The first-order chi connectivity index (χ1) is 15.1. The van der Waals surface area contributed by atoms with Crippen LogP contribution in [0, 0.1) is 0 Å². The van der Waals surface area contributed by atoms with Gasteiger partial charge in [-0.25, -0.2) is 0 Å². The molecule has 0 aromatic heterocycles. The van der Waals surface area contributed by atoms with Gasteiger partial charge >= 0.3 is 0 Å². The first-order valence-corrected chi connectivity index (χ1v) is 10.8. The lowest BCUT2D eigenvalue weighted by Crippen LogP contribution is -2.48. The molecule has 2 heterocycles. The summed E-state index contributed by atoms with van der Waals surface area (Å²) in [7, 11) is 0. The Hall–Kier alpha value is -3.06. The van der Waals surface area contributed by atoms with Gasteiger partial charge in [0.05, 0.1) is 6.04 Å². The van der Waals surface area contributed by atoms with Crippen LogP contribution in [-0.2, 0) is 16.1 Å². The molecular weight excluding hydrogens is 394 g/mol. The second-order valence-corrected chi connectivity index (χ2v) is 8.04. The van der Waals surface area contributed by atoms with Crippen molar-refractivity contribution >= 4 is 11.8 Å². The Kier molecular flexibility index (Phi) is 6.72. The first kappa shape index (κ1) is 21.2. The summed E-state index contributed by atoms with van der Waals surface area (Å²) >= 11 is 0. The van der Waals surface area contributed by atoms with Crippen LogP contribution < -0.4 is 14.8 Å². The van der Waals surface area contributed by atoms with Crippen LogP contribution in [0.5, 0.6) is 11.5 Å². The molecule has 0 spiro atoms. The molecule has 2 aliphatic rings. The van der Waals surface area contributed by atoms with E-state index in [1.165, 1.54) is 5.56 Å². The molecule has 2 aliphatic heterocycles. The van der Waals surface area contributed by atoms with Gasteiger partial charge in [0.1, 0.15) is 0 Å². The van der Waals surface area contributed by atoms with Gasteiger partial charge in [-0.1, -0.05) is 36.4 Å². The minimum absolute atomic E-state index is 0.0465. The van der Waals surface area contributed by atoms with E-state index in [-0.39, 0.29) is 37.5 Å². The van der Waals surface area contributed by atoms with E-state index in [4.69, 9.17) is 9.47 Å². The largest absolute Gasteiger partial charge is 0.454 e. The van der Waals surface area contributed by atoms with Gasteiger partial charge < -0.3 is 19.7 Å². The fraction of sp³-hybridized carbons (Fsp3) is 0.417. The quantitative estimate of drug-likeness (QED) is 0.742. The summed E-state index contributed by atoms with van der Waals surface area (Å²) in [4.78, 5) is 29.0. The summed E-state index contributed by atoms with van der Waals surface area (Å²) in [6.07, 6.45) is 0.461. The third-order valence-corrected chi connectivity index (χ3v) is 5.81. The van der Waals surface area contributed by atoms with Gasteiger partial charge in [0.2, 0.25) is 18.6 Å². The van der Waals surface area contributed by atoms with Crippen molar-refractivity contribution in [3.05, 3.63) is 59.7 Å².